The number of nitrogens with two attached hydrogens (primary N) is 1. The molecule has 0 radical (unpaired) electrons. The summed E-state index contributed by atoms with van der Waals surface area (Å²) in [7, 11) is 0. The van der Waals surface area contributed by atoms with E-state index in [1.54, 1.807) is 31.2 Å². The Hall–Kier alpha value is -3.68. The summed E-state index contributed by atoms with van der Waals surface area (Å²) in [5.74, 6) is 8.71. The molecule has 2 aromatic rings. The number of halogens is 2. The number of hydrogen-bond acceptors (Lipinski definition) is 3. The zero-order chi connectivity index (χ0) is 23.9. The van der Waals surface area contributed by atoms with Crippen LogP contribution >= 0.6 is 0 Å². The number of carboxylic acid groups (broad SMARTS) is 1. The molecule has 5 nitrogen and oxygen atoms in total. The molecule has 176 valence electrons. The summed E-state index contributed by atoms with van der Waals surface area (Å²) in [4.78, 5) is 21.0. The van der Waals surface area contributed by atoms with Gasteiger partial charge in [-0.05, 0) is 31.2 Å². The zero-order valence-corrected chi connectivity index (χ0v) is 17.9. The molecule has 0 unspecified atom stereocenters. The van der Waals surface area contributed by atoms with Crippen molar-refractivity contribution >= 4 is 11.9 Å². The predicted octanol–water partition coefficient (Wildman–Crippen LogP) is 3.72. The first-order valence-electron chi connectivity index (χ1n) is 9.84. The van der Waals surface area contributed by atoms with Gasteiger partial charge in [-0.3, -0.25) is 9.59 Å². The van der Waals surface area contributed by atoms with Gasteiger partial charge in [-0.15, -0.1) is 0 Å². The van der Waals surface area contributed by atoms with Crippen LogP contribution in [0.2, 0.25) is 0 Å². The van der Waals surface area contributed by atoms with Crippen LogP contribution < -0.4 is 11.1 Å². The normalized spacial score (nSPS) is 12.9. The maximum Gasteiger partial charge on any atom is 0.305 e. The van der Waals surface area contributed by atoms with Gasteiger partial charge in [0.25, 0.3) is 0 Å². The third-order valence-corrected chi connectivity index (χ3v) is 3.91. The van der Waals surface area contributed by atoms with Crippen molar-refractivity contribution < 1.29 is 23.5 Å². The van der Waals surface area contributed by atoms with Crippen molar-refractivity contribution in [2.75, 3.05) is 0 Å². The van der Waals surface area contributed by atoms with Gasteiger partial charge in [0.15, 0.2) is 12.3 Å². The van der Waals surface area contributed by atoms with Crippen molar-refractivity contribution in [3.05, 3.63) is 71.8 Å². The minimum absolute atomic E-state index is 0. The van der Waals surface area contributed by atoms with Gasteiger partial charge in [-0.2, -0.15) is 0 Å². The van der Waals surface area contributed by atoms with Crippen LogP contribution in [0.1, 0.15) is 38.8 Å². The van der Waals surface area contributed by atoms with Crippen molar-refractivity contribution in [3.63, 3.8) is 0 Å². The van der Waals surface area contributed by atoms with Crippen LogP contribution in [0.25, 0.3) is 0 Å². The third kappa shape index (κ3) is 13.4. The van der Waals surface area contributed by atoms with E-state index in [1.165, 1.54) is 6.92 Å². The van der Waals surface area contributed by atoms with E-state index in [1.807, 2.05) is 36.4 Å². The monoisotopic (exact) mass is 456 g/mol. The number of rotatable bonds is 5. The SMILES string of the molecule is C.CC(=O)N[C@@H](C)[C@@H](F)C#Cc1ccccc1.N[C@H](CC(=O)O)[C@H](F)C#Cc1ccccc1. The summed E-state index contributed by atoms with van der Waals surface area (Å²) in [5.41, 5.74) is 6.76. The van der Waals surface area contributed by atoms with Gasteiger partial charge < -0.3 is 16.2 Å². The second-order valence-corrected chi connectivity index (χ2v) is 6.83. The Bertz CT molecular complexity index is 895. The Morgan fingerprint density at radius 3 is 1.76 bits per heavy atom. The molecule has 4 atom stereocenters. The van der Waals surface area contributed by atoms with E-state index in [-0.39, 0.29) is 13.3 Å². The minimum Gasteiger partial charge on any atom is -0.481 e. The molecule has 0 spiro atoms. The van der Waals surface area contributed by atoms with E-state index in [4.69, 9.17) is 10.8 Å². The molecule has 0 aliphatic heterocycles. The summed E-state index contributed by atoms with van der Waals surface area (Å²) in [5, 5.41) is 10.9. The highest BCUT2D eigenvalue weighted by Crippen LogP contribution is 2.02. The second kappa shape index (κ2) is 16.0. The molecule has 0 fully saturated rings. The Kier molecular flexibility index (Phi) is 14.2. The van der Waals surface area contributed by atoms with Crippen LogP contribution in [0.5, 0.6) is 0 Å². The topological polar surface area (TPSA) is 92.4 Å². The van der Waals surface area contributed by atoms with Gasteiger partial charge >= 0.3 is 5.97 Å². The van der Waals surface area contributed by atoms with E-state index in [9.17, 15) is 18.4 Å². The highest BCUT2D eigenvalue weighted by Gasteiger charge is 2.17. The standard InChI is InChI=1S/C13H14FNO.C12H12FNO2.CH4/c1-10(15-11(2)16)13(14)9-8-12-6-4-3-5-7-12;13-10(11(14)8-12(15)16)7-6-9-4-2-1-3-5-9;/h3-7,10,13H,1-2H3,(H,15,16);1-5,10-11H,8,14H2,(H,15,16);1H4/t10-,13-;10-,11-;/m01./s1. The summed E-state index contributed by atoms with van der Waals surface area (Å²) in [6, 6.07) is 16.4. The van der Waals surface area contributed by atoms with Crippen LogP contribution in [-0.4, -0.2) is 41.4 Å². The number of carboxylic acids is 1. The molecule has 2 rings (SSSR count). The number of amides is 1. The molecule has 0 bridgehead atoms. The van der Waals surface area contributed by atoms with Crippen LogP contribution in [0, 0.1) is 23.7 Å². The van der Waals surface area contributed by atoms with Crippen LogP contribution in [-0.2, 0) is 9.59 Å². The Labute approximate surface area is 194 Å². The van der Waals surface area contributed by atoms with Crippen molar-refractivity contribution in [1.29, 1.82) is 0 Å². The lowest BCUT2D eigenvalue weighted by molar-refractivity contribution is -0.137. The largest absolute Gasteiger partial charge is 0.481 e. The summed E-state index contributed by atoms with van der Waals surface area (Å²) >= 11 is 0. The summed E-state index contributed by atoms with van der Waals surface area (Å²) in [6.45, 7) is 2.94. The molecular weight excluding hydrogens is 426 g/mol. The number of nitrogens with one attached hydrogen (secondary N) is 1. The molecule has 0 aliphatic carbocycles. The molecule has 2 aromatic carbocycles. The Morgan fingerprint density at radius 1 is 0.939 bits per heavy atom. The van der Waals surface area contributed by atoms with E-state index < -0.39 is 36.8 Å². The number of hydrogen-bond donors (Lipinski definition) is 3. The first kappa shape index (κ1) is 29.3. The fourth-order valence-electron chi connectivity index (χ4n) is 2.28. The van der Waals surface area contributed by atoms with Crippen molar-refractivity contribution in [2.24, 2.45) is 5.73 Å². The number of aliphatic carboxylic acids is 1. The number of benzene rings is 2. The Morgan fingerprint density at radius 2 is 1.36 bits per heavy atom. The fraction of sp³-hybridized carbons (Fsp3) is 0.308. The number of carbonyl (C=O) groups is 2. The maximum atomic E-state index is 13.5. The molecule has 0 aromatic heterocycles. The molecule has 0 saturated heterocycles. The fourth-order valence-corrected chi connectivity index (χ4v) is 2.28. The first-order valence-corrected chi connectivity index (χ1v) is 9.84. The van der Waals surface area contributed by atoms with Crippen molar-refractivity contribution in [3.8, 4) is 23.7 Å². The molecule has 33 heavy (non-hydrogen) atoms. The van der Waals surface area contributed by atoms with E-state index in [0.29, 0.717) is 5.56 Å². The molecule has 4 N–H and O–H groups in total. The lowest BCUT2D eigenvalue weighted by atomic mass is 10.1. The number of carbonyl (C=O) groups excluding carboxylic acids is 1. The van der Waals surface area contributed by atoms with Crippen molar-refractivity contribution in [1.82, 2.24) is 5.32 Å². The molecule has 7 heteroatoms. The van der Waals surface area contributed by atoms with Gasteiger partial charge in [-0.1, -0.05) is 67.5 Å². The predicted molar refractivity (Wildman–Crippen MR) is 127 cm³/mol. The summed E-state index contributed by atoms with van der Waals surface area (Å²) in [6.07, 6.45) is -3.41. The average molecular weight is 457 g/mol. The van der Waals surface area contributed by atoms with E-state index in [2.05, 4.69) is 29.0 Å². The lowest BCUT2D eigenvalue weighted by Crippen LogP contribution is -2.37. The second-order valence-electron chi connectivity index (χ2n) is 6.83. The van der Waals surface area contributed by atoms with Gasteiger partial charge in [0.1, 0.15) is 0 Å². The average Bonchev–Trinajstić information content (AvgIpc) is 2.76. The molecular formula is C26H30F2N2O3. The quantitative estimate of drug-likeness (QED) is 0.598. The minimum atomic E-state index is -1.63. The third-order valence-electron chi connectivity index (χ3n) is 3.91. The van der Waals surface area contributed by atoms with Crippen LogP contribution in [0.4, 0.5) is 8.78 Å². The highest BCUT2D eigenvalue weighted by molar-refractivity contribution is 5.73. The molecule has 0 heterocycles. The smallest absolute Gasteiger partial charge is 0.305 e. The van der Waals surface area contributed by atoms with Gasteiger partial charge in [0.2, 0.25) is 5.91 Å². The van der Waals surface area contributed by atoms with Crippen molar-refractivity contribution in [2.45, 2.75) is 52.1 Å². The lowest BCUT2D eigenvalue weighted by Gasteiger charge is -2.12. The number of alkyl halides is 2. The molecule has 1 amide bonds. The maximum absolute atomic E-state index is 13.5. The Balaban J connectivity index is 0.000000602. The van der Waals surface area contributed by atoms with Gasteiger partial charge in [0, 0.05) is 18.1 Å². The van der Waals surface area contributed by atoms with Gasteiger partial charge in [-0.25, -0.2) is 8.78 Å². The van der Waals surface area contributed by atoms with Crippen LogP contribution in [0.15, 0.2) is 60.7 Å². The van der Waals surface area contributed by atoms with Gasteiger partial charge in [0.05, 0.1) is 18.5 Å². The molecule has 0 aliphatic rings. The first-order chi connectivity index (χ1) is 15.2. The van der Waals surface area contributed by atoms with Crippen LogP contribution in [0.3, 0.4) is 0 Å². The van der Waals surface area contributed by atoms with E-state index >= 15 is 0 Å². The zero-order valence-electron chi connectivity index (χ0n) is 17.9. The highest BCUT2D eigenvalue weighted by atomic mass is 19.1. The molecule has 0 saturated carbocycles. The summed E-state index contributed by atoms with van der Waals surface area (Å²) < 4.78 is 26.7. The van der Waals surface area contributed by atoms with E-state index in [0.717, 1.165) is 5.56 Å².